The van der Waals surface area contributed by atoms with E-state index in [1.807, 2.05) is 0 Å². The molecule has 6 heteroatoms. The maximum Gasteiger partial charge on any atom is 0.151 e. The predicted molar refractivity (Wildman–Crippen MR) is 78.0 cm³/mol. The molecule has 0 aliphatic heterocycles. The van der Waals surface area contributed by atoms with Crippen LogP contribution in [0.2, 0.25) is 0 Å². The van der Waals surface area contributed by atoms with Crippen molar-refractivity contribution in [3.05, 3.63) is 29.8 Å². The second-order valence-corrected chi connectivity index (χ2v) is 6.55. The first-order valence-electron chi connectivity index (χ1n) is 6.16. The summed E-state index contributed by atoms with van der Waals surface area (Å²) in [6.45, 7) is 0.211. The molecule has 5 nitrogen and oxygen atoms in total. The molecule has 1 aromatic rings. The fourth-order valence-corrected chi connectivity index (χ4v) is 2.31. The number of sulfone groups is 1. The number of aliphatic hydroxyl groups is 1. The molecule has 0 heterocycles. The summed E-state index contributed by atoms with van der Waals surface area (Å²) >= 11 is 0. The van der Waals surface area contributed by atoms with Gasteiger partial charge in [-0.15, -0.1) is 0 Å². The van der Waals surface area contributed by atoms with Gasteiger partial charge in [0, 0.05) is 19.1 Å². The SMILES string of the molecule is CS(=O)(=O)Cc1ccc(N/N=C\CCCCO)cc1. The molecule has 0 atom stereocenters. The van der Waals surface area contributed by atoms with Gasteiger partial charge in [0.1, 0.15) is 0 Å². The largest absolute Gasteiger partial charge is 0.396 e. The zero-order chi connectivity index (χ0) is 14.1. The highest BCUT2D eigenvalue weighted by Gasteiger charge is 2.03. The molecular formula is C13H20N2O3S. The van der Waals surface area contributed by atoms with Crippen LogP contribution in [0.1, 0.15) is 24.8 Å². The summed E-state index contributed by atoms with van der Waals surface area (Å²) in [5.41, 5.74) is 4.45. The molecule has 0 aliphatic carbocycles. The molecule has 0 unspecified atom stereocenters. The Morgan fingerprint density at radius 1 is 1.26 bits per heavy atom. The number of unbranched alkanes of at least 4 members (excludes halogenated alkanes) is 2. The average molecular weight is 284 g/mol. The van der Waals surface area contributed by atoms with E-state index in [0.29, 0.717) is 0 Å². The third kappa shape index (κ3) is 7.58. The van der Waals surface area contributed by atoms with Gasteiger partial charge in [0.2, 0.25) is 0 Å². The lowest BCUT2D eigenvalue weighted by Crippen LogP contribution is -2.00. The molecule has 0 saturated heterocycles. The van der Waals surface area contributed by atoms with E-state index in [9.17, 15) is 8.42 Å². The minimum absolute atomic E-state index is 0.0533. The zero-order valence-electron chi connectivity index (χ0n) is 11.0. The van der Waals surface area contributed by atoms with Crippen LogP contribution in [-0.4, -0.2) is 32.6 Å². The van der Waals surface area contributed by atoms with Crippen molar-refractivity contribution in [3.63, 3.8) is 0 Å². The van der Waals surface area contributed by atoms with Crippen molar-refractivity contribution < 1.29 is 13.5 Å². The van der Waals surface area contributed by atoms with Gasteiger partial charge in [-0.25, -0.2) is 8.42 Å². The maximum absolute atomic E-state index is 11.1. The number of rotatable bonds is 8. The van der Waals surface area contributed by atoms with Crippen LogP contribution in [-0.2, 0) is 15.6 Å². The van der Waals surface area contributed by atoms with Gasteiger partial charge in [0.25, 0.3) is 0 Å². The Morgan fingerprint density at radius 3 is 2.53 bits per heavy atom. The van der Waals surface area contributed by atoms with Gasteiger partial charge in [-0.05, 0) is 37.0 Å². The topological polar surface area (TPSA) is 78.8 Å². The number of anilines is 1. The summed E-state index contributed by atoms with van der Waals surface area (Å²) in [6, 6.07) is 7.13. The average Bonchev–Trinajstić information content (AvgIpc) is 2.34. The predicted octanol–water partition coefficient (Wildman–Crippen LogP) is 1.79. The highest BCUT2D eigenvalue weighted by Crippen LogP contribution is 2.11. The summed E-state index contributed by atoms with van der Waals surface area (Å²) in [6.07, 6.45) is 5.50. The van der Waals surface area contributed by atoms with Crippen molar-refractivity contribution in [1.82, 2.24) is 0 Å². The van der Waals surface area contributed by atoms with Gasteiger partial charge >= 0.3 is 0 Å². The standard InChI is InChI=1S/C13H20N2O3S/c1-19(17,18)11-12-5-7-13(8-6-12)15-14-9-3-2-4-10-16/h5-9,15-16H,2-4,10-11H2,1H3/b14-9-. The molecule has 19 heavy (non-hydrogen) atoms. The second kappa shape index (κ2) is 7.91. The Balaban J connectivity index is 2.40. The van der Waals surface area contributed by atoms with Crippen LogP contribution in [0.3, 0.4) is 0 Å². The van der Waals surface area contributed by atoms with Crippen molar-refractivity contribution in [3.8, 4) is 0 Å². The van der Waals surface area contributed by atoms with Crippen LogP contribution in [0, 0.1) is 0 Å². The first-order chi connectivity index (χ1) is 9.01. The molecule has 0 amide bonds. The Bertz CT molecular complexity index is 495. The summed E-state index contributed by atoms with van der Waals surface area (Å²) < 4.78 is 22.3. The van der Waals surface area contributed by atoms with Crippen LogP contribution < -0.4 is 5.43 Å². The van der Waals surface area contributed by atoms with E-state index >= 15 is 0 Å². The lowest BCUT2D eigenvalue weighted by molar-refractivity contribution is 0.286. The molecule has 0 bridgehead atoms. The quantitative estimate of drug-likeness (QED) is 0.433. The number of nitrogens with one attached hydrogen (secondary N) is 1. The third-order valence-corrected chi connectivity index (χ3v) is 3.27. The van der Waals surface area contributed by atoms with Crippen molar-refractivity contribution >= 4 is 21.7 Å². The molecule has 1 rings (SSSR count). The minimum Gasteiger partial charge on any atom is -0.396 e. The fraction of sp³-hybridized carbons (Fsp3) is 0.462. The summed E-state index contributed by atoms with van der Waals surface area (Å²) in [5, 5.41) is 12.6. The van der Waals surface area contributed by atoms with Crippen LogP contribution in [0.25, 0.3) is 0 Å². The number of hydrazone groups is 1. The van der Waals surface area contributed by atoms with Crippen LogP contribution in [0.15, 0.2) is 29.4 Å². The lowest BCUT2D eigenvalue weighted by atomic mass is 10.2. The maximum atomic E-state index is 11.1. The molecule has 0 radical (unpaired) electrons. The minimum atomic E-state index is -2.99. The molecule has 1 aromatic carbocycles. The van der Waals surface area contributed by atoms with Crippen molar-refractivity contribution in [1.29, 1.82) is 0 Å². The number of hydrogen-bond acceptors (Lipinski definition) is 5. The highest BCUT2D eigenvalue weighted by atomic mass is 32.2. The first kappa shape index (κ1) is 15.7. The summed E-state index contributed by atoms with van der Waals surface area (Å²) in [7, 11) is -2.99. The number of hydrogen-bond donors (Lipinski definition) is 2. The number of nitrogens with zero attached hydrogens (tertiary/aromatic N) is 1. The van der Waals surface area contributed by atoms with Gasteiger partial charge in [-0.2, -0.15) is 5.10 Å². The van der Waals surface area contributed by atoms with Crippen molar-refractivity contribution in [2.24, 2.45) is 5.10 Å². The molecule has 0 aromatic heterocycles. The molecule has 0 saturated carbocycles. The number of benzene rings is 1. The van der Waals surface area contributed by atoms with Gasteiger partial charge < -0.3 is 5.11 Å². The van der Waals surface area contributed by atoms with E-state index in [4.69, 9.17) is 5.11 Å². The highest BCUT2D eigenvalue weighted by molar-refractivity contribution is 7.89. The fourth-order valence-electron chi connectivity index (χ4n) is 1.51. The molecular weight excluding hydrogens is 264 g/mol. The Kier molecular flexibility index (Phi) is 6.52. The van der Waals surface area contributed by atoms with E-state index < -0.39 is 9.84 Å². The van der Waals surface area contributed by atoms with Gasteiger partial charge in [0.05, 0.1) is 11.4 Å². The van der Waals surface area contributed by atoms with E-state index in [1.165, 1.54) is 6.26 Å². The monoisotopic (exact) mass is 284 g/mol. The van der Waals surface area contributed by atoms with E-state index in [0.717, 1.165) is 30.5 Å². The van der Waals surface area contributed by atoms with Crippen LogP contribution in [0.4, 0.5) is 5.69 Å². The zero-order valence-corrected chi connectivity index (χ0v) is 11.9. The van der Waals surface area contributed by atoms with Gasteiger partial charge in [-0.3, -0.25) is 5.43 Å². The van der Waals surface area contributed by atoms with Gasteiger partial charge in [0.15, 0.2) is 9.84 Å². The van der Waals surface area contributed by atoms with E-state index in [-0.39, 0.29) is 12.4 Å². The normalized spacial score (nSPS) is 11.9. The van der Waals surface area contributed by atoms with Crippen molar-refractivity contribution in [2.45, 2.75) is 25.0 Å². The molecule has 0 fully saturated rings. The van der Waals surface area contributed by atoms with Crippen LogP contribution >= 0.6 is 0 Å². The van der Waals surface area contributed by atoms with Gasteiger partial charge in [-0.1, -0.05) is 12.1 Å². The Hall–Kier alpha value is -1.40. The van der Waals surface area contributed by atoms with E-state index in [2.05, 4.69) is 10.5 Å². The molecule has 0 aliphatic rings. The molecule has 0 spiro atoms. The summed E-state index contributed by atoms with van der Waals surface area (Å²) in [5.74, 6) is 0.0533. The lowest BCUT2D eigenvalue weighted by Gasteiger charge is -2.02. The van der Waals surface area contributed by atoms with Crippen LogP contribution in [0.5, 0.6) is 0 Å². The number of aliphatic hydroxyl groups excluding tert-OH is 1. The molecule has 2 N–H and O–H groups in total. The second-order valence-electron chi connectivity index (χ2n) is 4.41. The van der Waals surface area contributed by atoms with Crippen molar-refractivity contribution in [2.75, 3.05) is 18.3 Å². The summed E-state index contributed by atoms with van der Waals surface area (Å²) in [4.78, 5) is 0. The molecule has 106 valence electrons. The Labute approximate surface area is 114 Å². The van der Waals surface area contributed by atoms with E-state index in [1.54, 1.807) is 30.5 Å². The Morgan fingerprint density at radius 2 is 1.95 bits per heavy atom. The first-order valence-corrected chi connectivity index (χ1v) is 8.22. The smallest absolute Gasteiger partial charge is 0.151 e. The third-order valence-electron chi connectivity index (χ3n) is 2.41.